The molecular weight excluding hydrogens is 309 g/mol. The van der Waals surface area contributed by atoms with Crippen LogP contribution in [0.4, 0.5) is 4.39 Å². The second-order valence-corrected chi connectivity index (χ2v) is 5.64. The summed E-state index contributed by atoms with van der Waals surface area (Å²) in [5.74, 6) is 0.665. The molecule has 0 N–H and O–H groups in total. The molecule has 0 bridgehead atoms. The minimum atomic E-state index is -0.322. The Kier molecular flexibility index (Phi) is 5.37. The number of hydrogen-bond donors (Lipinski definition) is 0. The van der Waals surface area contributed by atoms with E-state index < -0.39 is 0 Å². The van der Waals surface area contributed by atoms with Crippen molar-refractivity contribution in [2.75, 3.05) is 18.7 Å². The summed E-state index contributed by atoms with van der Waals surface area (Å²) in [6.45, 7) is 6.58. The van der Waals surface area contributed by atoms with Gasteiger partial charge in [-0.2, -0.15) is 0 Å². The average molecular weight is 326 g/mol. The maximum Gasteiger partial charge on any atom is 0.136 e. The van der Waals surface area contributed by atoms with Crippen LogP contribution in [0.15, 0.2) is 47.7 Å². The standard InChI is InChI=1S/C16H17ClFNOS/c1-4-19-11(2)12(17)8-9-14(19)16-13(18)6-5-7-15(16)20-10-21-3/h5-9H,2,4,10H2,1,3H3. The zero-order chi connectivity index (χ0) is 15.4. The molecule has 0 aliphatic carbocycles. The first-order valence-electron chi connectivity index (χ1n) is 6.55. The molecule has 0 saturated heterocycles. The number of ether oxygens (including phenoxy) is 1. The second kappa shape index (κ2) is 7.05. The molecule has 0 radical (unpaired) electrons. The smallest absolute Gasteiger partial charge is 0.136 e. The quantitative estimate of drug-likeness (QED) is 0.719. The van der Waals surface area contributed by atoms with Crippen LogP contribution in [0.25, 0.3) is 5.70 Å². The van der Waals surface area contributed by atoms with Crippen molar-refractivity contribution in [3.8, 4) is 5.75 Å². The van der Waals surface area contributed by atoms with Crippen LogP contribution in [0, 0.1) is 5.82 Å². The first-order chi connectivity index (χ1) is 10.1. The van der Waals surface area contributed by atoms with Crippen LogP contribution >= 0.6 is 23.4 Å². The van der Waals surface area contributed by atoms with Crippen LogP contribution in [0.2, 0.25) is 0 Å². The zero-order valence-corrected chi connectivity index (χ0v) is 13.6. The largest absolute Gasteiger partial charge is 0.482 e. The third-order valence-electron chi connectivity index (χ3n) is 3.16. The van der Waals surface area contributed by atoms with E-state index in [1.165, 1.54) is 17.8 Å². The molecule has 0 atom stereocenters. The van der Waals surface area contributed by atoms with Gasteiger partial charge in [-0.1, -0.05) is 24.2 Å². The lowest BCUT2D eigenvalue weighted by Crippen LogP contribution is -2.23. The maximum absolute atomic E-state index is 14.4. The molecule has 0 fully saturated rings. The molecule has 1 aromatic carbocycles. The van der Waals surface area contributed by atoms with Crippen LogP contribution in [-0.2, 0) is 0 Å². The Morgan fingerprint density at radius 1 is 1.38 bits per heavy atom. The van der Waals surface area contributed by atoms with Crippen molar-refractivity contribution in [1.29, 1.82) is 0 Å². The number of likely N-dealkylation sites (N-methyl/N-ethyl adjacent to an activating group) is 1. The van der Waals surface area contributed by atoms with E-state index in [4.69, 9.17) is 16.3 Å². The predicted molar refractivity (Wildman–Crippen MR) is 88.8 cm³/mol. The molecule has 0 saturated carbocycles. The zero-order valence-electron chi connectivity index (χ0n) is 12.0. The van der Waals surface area contributed by atoms with Crippen molar-refractivity contribution in [1.82, 2.24) is 4.90 Å². The number of rotatable bonds is 5. The lowest BCUT2D eigenvalue weighted by Gasteiger charge is -2.31. The molecule has 0 unspecified atom stereocenters. The maximum atomic E-state index is 14.4. The Morgan fingerprint density at radius 2 is 2.14 bits per heavy atom. The van der Waals surface area contributed by atoms with Crippen molar-refractivity contribution in [2.45, 2.75) is 6.92 Å². The summed E-state index contributed by atoms with van der Waals surface area (Å²) >= 11 is 7.64. The lowest BCUT2D eigenvalue weighted by atomic mass is 10.0. The molecule has 5 heteroatoms. The number of allylic oxidation sites excluding steroid dienone is 3. The Balaban J connectivity index is 2.52. The topological polar surface area (TPSA) is 12.5 Å². The Morgan fingerprint density at radius 3 is 2.81 bits per heavy atom. The van der Waals surface area contributed by atoms with E-state index in [1.54, 1.807) is 24.3 Å². The number of nitrogens with zero attached hydrogens (tertiary/aromatic N) is 1. The van der Waals surface area contributed by atoms with Crippen molar-refractivity contribution >= 4 is 29.1 Å². The molecule has 2 rings (SSSR count). The molecule has 2 nitrogen and oxygen atoms in total. The van der Waals surface area contributed by atoms with Gasteiger partial charge in [0.15, 0.2) is 0 Å². The predicted octanol–water partition coefficient (Wildman–Crippen LogP) is 4.84. The van der Waals surface area contributed by atoms with Gasteiger partial charge in [-0.05, 0) is 37.5 Å². The molecule has 0 aromatic heterocycles. The van der Waals surface area contributed by atoms with E-state index in [0.29, 0.717) is 40.2 Å². The SMILES string of the molecule is C=C1C(Cl)=CC=C(c2c(F)cccc2OCSC)N1CC. The van der Waals surface area contributed by atoms with Gasteiger partial charge in [-0.3, -0.25) is 0 Å². The van der Waals surface area contributed by atoms with Crippen LogP contribution in [0.3, 0.4) is 0 Å². The Labute approximate surface area is 133 Å². The molecule has 21 heavy (non-hydrogen) atoms. The van der Waals surface area contributed by atoms with Crippen LogP contribution in [-0.4, -0.2) is 23.6 Å². The molecule has 1 aromatic rings. The molecule has 112 valence electrons. The van der Waals surface area contributed by atoms with E-state index in [0.717, 1.165) is 0 Å². The Hall–Kier alpha value is -1.39. The van der Waals surface area contributed by atoms with Gasteiger partial charge in [0.25, 0.3) is 0 Å². The highest BCUT2D eigenvalue weighted by molar-refractivity contribution is 7.98. The highest BCUT2D eigenvalue weighted by Crippen LogP contribution is 2.37. The van der Waals surface area contributed by atoms with E-state index >= 15 is 0 Å². The highest BCUT2D eigenvalue weighted by atomic mass is 35.5. The summed E-state index contributed by atoms with van der Waals surface area (Å²) in [5, 5.41) is 0.559. The fraction of sp³-hybridized carbons (Fsp3) is 0.250. The molecule has 0 spiro atoms. The molecule has 0 amide bonds. The van der Waals surface area contributed by atoms with E-state index in [9.17, 15) is 4.39 Å². The molecule has 1 aliphatic rings. The van der Waals surface area contributed by atoms with Gasteiger partial charge < -0.3 is 9.64 Å². The minimum absolute atomic E-state index is 0.322. The van der Waals surface area contributed by atoms with E-state index in [2.05, 4.69) is 6.58 Å². The van der Waals surface area contributed by atoms with E-state index in [-0.39, 0.29) is 5.82 Å². The van der Waals surface area contributed by atoms with Gasteiger partial charge in [0.2, 0.25) is 0 Å². The van der Waals surface area contributed by atoms with Crippen molar-refractivity contribution < 1.29 is 9.13 Å². The molecule has 1 heterocycles. The molecule has 1 aliphatic heterocycles. The van der Waals surface area contributed by atoms with Crippen molar-refractivity contribution in [2.24, 2.45) is 0 Å². The fourth-order valence-corrected chi connectivity index (χ4v) is 2.60. The van der Waals surface area contributed by atoms with Gasteiger partial charge in [-0.15, -0.1) is 11.8 Å². The molecular formula is C16H17ClFNOS. The summed E-state index contributed by atoms with van der Waals surface area (Å²) in [5.41, 5.74) is 1.81. The van der Waals surface area contributed by atoms with Gasteiger partial charge in [-0.25, -0.2) is 4.39 Å². The summed E-state index contributed by atoms with van der Waals surface area (Å²) in [6, 6.07) is 4.84. The third kappa shape index (κ3) is 3.27. The van der Waals surface area contributed by atoms with Crippen LogP contribution < -0.4 is 4.74 Å². The average Bonchev–Trinajstić information content (AvgIpc) is 2.48. The summed E-state index contributed by atoms with van der Waals surface area (Å²) < 4.78 is 20.0. The number of benzene rings is 1. The number of halogens is 2. The first kappa shape index (κ1) is 16.0. The summed E-state index contributed by atoms with van der Waals surface area (Å²) in [4.78, 5) is 1.88. The third-order valence-corrected chi connectivity index (χ3v) is 3.86. The van der Waals surface area contributed by atoms with Gasteiger partial charge in [0.05, 0.1) is 22.0 Å². The highest BCUT2D eigenvalue weighted by Gasteiger charge is 2.24. The number of thioether (sulfide) groups is 1. The normalized spacial score (nSPS) is 14.9. The Bertz CT molecular complexity index is 612. The van der Waals surface area contributed by atoms with Crippen molar-refractivity contribution in [3.63, 3.8) is 0 Å². The first-order valence-corrected chi connectivity index (χ1v) is 8.32. The lowest BCUT2D eigenvalue weighted by molar-refractivity contribution is 0.386. The summed E-state index contributed by atoms with van der Waals surface area (Å²) in [7, 11) is 0. The number of hydrogen-bond acceptors (Lipinski definition) is 3. The van der Waals surface area contributed by atoms with Crippen molar-refractivity contribution in [3.05, 3.63) is 59.0 Å². The van der Waals surface area contributed by atoms with Crippen LogP contribution in [0.5, 0.6) is 5.75 Å². The monoisotopic (exact) mass is 325 g/mol. The van der Waals surface area contributed by atoms with Crippen LogP contribution in [0.1, 0.15) is 12.5 Å². The fourth-order valence-electron chi connectivity index (χ4n) is 2.19. The van der Waals surface area contributed by atoms with E-state index in [1.807, 2.05) is 18.1 Å². The second-order valence-electron chi connectivity index (χ2n) is 4.42. The van der Waals surface area contributed by atoms with Gasteiger partial charge in [0.1, 0.15) is 17.5 Å². The van der Waals surface area contributed by atoms with Gasteiger partial charge in [0, 0.05) is 6.54 Å². The van der Waals surface area contributed by atoms with Gasteiger partial charge >= 0.3 is 0 Å². The summed E-state index contributed by atoms with van der Waals surface area (Å²) in [6.07, 6.45) is 5.46. The minimum Gasteiger partial charge on any atom is -0.482 e.